The minimum atomic E-state index is -1.07. The first-order valence-electron chi connectivity index (χ1n) is 6.14. The van der Waals surface area contributed by atoms with Gasteiger partial charge in [0, 0.05) is 24.8 Å². The Bertz CT molecular complexity index is 626. The molecular weight excluding hydrogens is 246 g/mol. The highest BCUT2D eigenvalue weighted by atomic mass is 16.4. The maximum Gasteiger partial charge on any atom is 0.358 e. The van der Waals surface area contributed by atoms with Gasteiger partial charge in [-0.2, -0.15) is 5.10 Å². The van der Waals surface area contributed by atoms with Gasteiger partial charge in [-0.15, -0.1) is 5.10 Å². The molecule has 7 nitrogen and oxygen atoms in total. The third-order valence-corrected chi connectivity index (χ3v) is 3.12. The molecule has 2 aromatic heterocycles. The Morgan fingerprint density at radius 2 is 2.05 bits per heavy atom. The molecule has 2 heterocycles. The monoisotopic (exact) mass is 263 g/mol. The van der Waals surface area contributed by atoms with Crippen molar-refractivity contribution in [3.05, 3.63) is 17.1 Å². The van der Waals surface area contributed by atoms with Crippen LogP contribution in [0.25, 0.3) is 11.3 Å². The van der Waals surface area contributed by atoms with Gasteiger partial charge in [0.2, 0.25) is 0 Å². The predicted octanol–water partition coefficient (Wildman–Crippen LogP) is 1.40. The van der Waals surface area contributed by atoms with Crippen molar-refractivity contribution in [3.8, 4) is 11.3 Å². The van der Waals surface area contributed by atoms with Crippen LogP contribution >= 0.6 is 0 Å². The number of aromatic carboxylic acids is 1. The van der Waals surface area contributed by atoms with E-state index in [9.17, 15) is 9.90 Å². The van der Waals surface area contributed by atoms with Gasteiger partial charge < -0.3 is 5.11 Å². The third-order valence-electron chi connectivity index (χ3n) is 3.12. The maximum absolute atomic E-state index is 11.3. The van der Waals surface area contributed by atoms with Crippen molar-refractivity contribution in [1.29, 1.82) is 0 Å². The first kappa shape index (κ1) is 13.3. The quantitative estimate of drug-likeness (QED) is 0.901. The zero-order valence-corrected chi connectivity index (χ0v) is 11.5. The molecule has 102 valence electrons. The molecule has 0 atom stereocenters. The number of rotatable bonds is 4. The van der Waals surface area contributed by atoms with Crippen LogP contribution < -0.4 is 0 Å². The van der Waals surface area contributed by atoms with Gasteiger partial charge in [0.15, 0.2) is 5.69 Å². The molecule has 2 rings (SSSR count). The van der Waals surface area contributed by atoms with Crippen LogP contribution in [-0.4, -0.2) is 35.9 Å². The van der Waals surface area contributed by atoms with E-state index >= 15 is 0 Å². The zero-order chi connectivity index (χ0) is 14.2. The molecule has 0 aliphatic rings. The lowest BCUT2D eigenvalue weighted by Crippen LogP contribution is -2.06. The van der Waals surface area contributed by atoms with Crippen LogP contribution in [0.5, 0.6) is 0 Å². The van der Waals surface area contributed by atoms with Gasteiger partial charge in [0.05, 0.1) is 5.69 Å². The van der Waals surface area contributed by atoms with E-state index in [0.29, 0.717) is 12.2 Å². The zero-order valence-electron chi connectivity index (χ0n) is 11.5. The van der Waals surface area contributed by atoms with Crippen LogP contribution in [0.1, 0.15) is 35.2 Å². The Morgan fingerprint density at radius 1 is 1.37 bits per heavy atom. The number of hydrogen-bond acceptors (Lipinski definition) is 4. The largest absolute Gasteiger partial charge is 0.476 e. The maximum atomic E-state index is 11.3. The lowest BCUT2D eigenvalue weighted by molar-refractivity contribution is 0.0691. The summed E-state index contributed by atoms with van der Waals surface area (Å²) in [5, 5.41) is 21.3. The molecule has 0 aromatic carbocycles. The molecule has 0 bridgehead atoms. The van der Waals surface area contributed by atoms with Crippen LogP contribution in [-0.2, 0) is 13.6 Å². The Balaban J connectivity index is 2.71. The van der Waals surface area contributed by atoms with E-state index in [2.05, 4.69) is 15.4 Å². The second-order valence-corrected chi connectivity index (χ2v) is 4.48. The first-order valence-corrected chi connectivity index (χ1v) is 6.14. The van der Waals surface area contributed by atoms with Crippen molar-refractivity contribution in [2.75, 3.05) is 0 Å². The highest BCUT2D eigenvalue weighted by Gasteiger charge is 2.25. The molecule has 7 heteroatoms. The van der Waals surface area contributed by atoms with E-state index in [0.717, 1.165) is 23.4 Å². The minimum absolute atomic E-state index is 0.0207. The van der Waals surface area contributed by atoms with E-state index in [1.807, 2.05) is 27.8 Å². The fraction of sp³-hybridized carbons (Fsp3) is 0.500. The number of carbonyl (C=O) groups is 1. The number of aryl methyl sites for hydroxylation is 3. The standard InChI is InChI=1S/C12H17N5O2/c1-5-6-17-11(10(12(18)19)13-15-17)9-7(2)14-16(4)8(9)3/h5-6H2,1-4H3,(H,18,19). The van der Waals surface area contributed by atoms with E-state index < -0.39 is 5.97 Å². The molecule has 19 heavy (non-hydrogen) atoms. The van der Waals surface area contributed by atoms with Crippen molar-refractivity contribution in [2.45, 2.75) is 33.7 Å². The molecule has 1 N–H and O–H groups in total. The second kappa shape index (κ2) is 4.83. The average Bonchev–Trinajstić information content (AvgIpc) is 2.83. The van der Waals surface area contributed by atoms with Crippen molar-refractivity contribution < 1.29 is 9.90 Å². The summed E-state index contributed by atoms with van der Waals surface area (Å²) in [6.45, 7) is 6.40. The summed E-state index contributed by atoms with van der Waals surface area (Å²) in [7, 11) is 1.83. The van der Waals surface area contributed by atoms with Gasteiger partial charge in [0.25, 0.3) is 0 Å². The Hall–Kier alpha value is -2.18. The van der Waals surface area contributed by atoms with Gasteiger partial charge in [-0.3, -0.25) is 4.68 Å². The summed E-state index contributed by atoms with van der Waals surface area (Å²) in [5.41, 5.74) is 3.00. The lowest BCUT2D eigenvalue weighted by Gasteiger charge is -2.06. The van der Waals surface area contributed by atoms with Crippen LogP contribution in [0.3, 0.4) is 0 Å². The molecule has 0 saturated heterocycles. The number of carboxylic acids is 1. The molecule has 0 amide bonds. The molecule has 0 aliphatic heterocycles. The Kier molecular flexibility index (Phi) is 3.37. The van der Waals surface area contributed by atoms with Crippen LogP contribution in [0.2, 0.25) is 0 Å². The number of carboxylic acid groups (broad SMARTS) is 1. The van der Waals surface area contributed by atoms with Crippen molar-refractivity contribution in [2.24, 2.45) is 7.05 Å². The van der Waals surface area contributed by atoms with E-state index in [-0.39, 0.29) is 5.69 Å². The molecular formula is C12H17N5O2. The van der Waals surface area contributed by atoms with E-state index in [1.54, 1.807) is 9.36 Å². The molecule has 0 saturated carbocycles. The lowest BCUT2D eigenvalue weighted by atomic mass is 10.1. The summed E-state index contributed by atoms with van der Waals surface area (Å²) in [4.78, 5) is 11.3. The summed E-state index contributed by atoms with van der Waals surface area (Å²) < 4.78 is 3.38. The Labute approximate surface area is 110 Å². The number of aromatic nitrogens is 5. The second-order valence-electron chi connectivity index (χ2n) is 4.48. The predicted molar refractivity (Wildman–Crippen MR) is 68.9 cm³/mol. The summed E-state index contributed by atoms with van der Waals surface area (Å²) >= 11 is 0. The molecule has 0 unspecified atom stereocenters. The SMILES string of the molecule is CCCn1nnc(C(=O)O)c1-c1c(C)nn(C)c1C. The van der Waals surface area contributed by atoms with Crippen LogP contribution in [0.4, 0.5) is 0 Å². The van der Waals surface area contributed by atoms with Gasteiger partial charge in [-0.1, -0.05) is 12.1 Å². The first-order chi connectivity index (χ1) is 8.97. The fourth-order valence-corrected chi connectivity index (χ4v) is 2.19. The molecule has 0 aliphatic carbocycles. The number of nitrogens with zero attached hydrogens (tertiary/aromatic N) is 5. The Morgan fingerprint density at radius 3 is 2.53 bits per heavy atom. The van der Waals surface area contributed by atoms with E-state index in [4.69, 9.17) is 0 Å². The highest BCUT2D eigenvalue weighted by Crippen LogP contribution is 2.28. The van der Waals surface area contributed by atoms with Gasteiger partial charge in [-0.05, 0) is 20.3 Å². The van der Waals surface area contributed by atoms with Crippen molar-refractivity contribution in [1.82, 2.24) is 24.8 Å². The molecule has 0 spiro atoms. The average molecular weight is 263 g/mol. The van der Waals surface area contributed by atoms with Crippen molar-refractivity contribution >= 4 is 5.97 Å². The van der Waals surface area contributed by atoms with E-state index in [1.165, 1.54) is 0 Å². The topological polar surface area (TPSA) is 85.8 Å². The van der Waals surface area contributed by atoms with Crippen LogP contribution in [0, 0.1) is 13.8 Å². The molecule has 2 aromatic rings. The van der Waals surface area contributed by atoms with Gasteiger partial charge >= 0.3 is 5.97 Å². The van der Waals surface area contributed by atoms with Crippen molar-refractivity contribution in [3.63, 3.8) is 0 Å². The highest BCUT2D eigenvalue weighted by molar-refractivity contribution is 5.93. The normalized spacial score (nSPS) is 10.9. The third kappa shape index (κ3) is 2.11. The number of hydrogen-bond donors (Lipinski definition) is 1. The minimum Gasteiger partial charge on any atom is -0.476 e. The van der Waals surface area contributed by atoms with Crippen LogP contribution in [0.15, 0.2) is 0 Å². The molecule has 0 fully saturated rings. The fourth-order valence-electron chi connectivity index (χ4n) is 2.19. The summed E-state index contributed by atoms with van der Waals surface area (Å²) in [6.07, 6.45) is 0.855. The smallest absolute Gasteiger partial charge is 0.358 e. The van der Waals surface area contributed by atoms with Gasteiger partial charge in [-0.25, -0.2) is 9.48 Å². The molecule has 0 radical (unpaired) electrons. The summed E-state index contributed by atoms with van der Waals surface area (Å²) in [6, 6.07) is 0. The van der Waals surface area contributed by atoms with Gasteiger partial charge in [0.1, 0.15) is 5.69 Å². The summed E-state index contributed by atoms with van der Waals surface area (Å²) in [5.74, 6) is -1.07.